The van der Waals surface area contributed by atoms with Crippen LogP contribution in [0.25, 0.3) is 0 Å². The third-order valence-electron chi connectivity index (χ3n) is 6.43. The monoisotopic (exact) mass is 394 g/mol. The molecule has 2 aromatic carbocycles. The Kier molecular flexibility index (Phi) is 6.60. The molecule has 4 heteroatoms. The number of methoxy groups -OCH3 is 1. The van der Waals surface area contributed by atoms with Crippen LogP contribution in [-0.2, 0) is 6.42 Å². The highest BCUT2D eigenvalue weighted by molar-refractivity contribution is 5.57. The topological polar surface area (TPSA) is 24.9 Å². The lowest BCUT2D eigenvalue weighted by molar-refractivity contribution is 0.184. The van der Waals surface area contributed by atoms with Crippen LogP contribution in [0, 0.1) is 0 Å². The summed E-state index contributed by atoms with van der Waals surface area (Å²) in [7, 11) is 1.73. The summed E-state index contributed by atoms with van der Waals surface area (Å²) in [5.41, 5.74) is 2.66. The number of likely N-dealkylation sites (N-methyl/N-ethyl adjacent to an activating group) is 1. The number of benzene rings is 2. The van der Waals surface area contributed by atoms with Gasteiger partial charge in [0.25, 0.3) is 0 Å². The van der Waals surface area contributed by atoms with Crippen molar-refractivity contribution >= 4 is 5.69 Å². The van der Waals surface area contributed by atoms with Gasteiger partial charge >= 0.3 is 0 Å². The number of ether oxygens (including phenoxy) is 2. The van der Waals surface area contributed by atoms with Crippen LogP contribution in [0.15, 0.2) is 48.5 Å². The summed E-state index contributed by atoms with van der Waals surface area (Å²) in [6.07, 6.45) is 6.28. The minimum atomic E-state index is 0.335. The van der Waals surface area contributed by atoms with Gasteiger partial charge in [-0.25, -0.2) is 0 Å². The van der Waals surface area contributed by atoms with Gasteiger partial charge in [0.15, 0.2) is 11.5 Å². The van der Waals surface area contributed by atoms with Crippen LogP contribution in [0.3, 0.4) is 0 Å². The maximum Gasteiger partial charge on any atom is 0.163 e. The highest BCUT2D eigenvalue weighted by atomic mass is 16.5. The van der Waals surface area contributed by atoms with Gasteiger partial charge in [0.2, 0.25) is 0 Å². The first-order valence-electron chi connectivity index (χ1n) is 11.1. The summed E-state index contributed by atoms with van der Waals surface area (Å²) in [6.45, 7) is 6.56. The van der Waals surface area contributed by atoms with Crippen molar-refractivity contribution in [2.24, 2.45) is 0 Å². The number of nitrogens with zero attached hydrogens (tertiary/aromatic N) is 2. The second-order valence-corrected chi connectivity index (χ2v) is 8.28. The smallest absolute Gasteiger partial charge is 0.163 e. The first kappa shape index (κ1) is 20.1. The van der Waals surface area contributed by atoms with Gasteiger partial charge in [0, 0.05) is 37.4 Å². The molecule has 1 saturated heterocycles. The minimum Gasteiger partial charge on any atom is -0.493 e. The minimum absolute atomic E-state index is 0.335. The molecule has 1 aliphatic carbocycles. The van der Waals surface area contributed by atoms with Crippen molar-refractivity contribution in [3.05, 3.63) is 54.1 Å². The standard InChI is InChI=1S/C25H34N2O2/c1-3-26-15-16-27(19-22(26)17-20-9-5-4-6-10-20)21-13-14-24(28-2)25(18-21)29-23-11-7-8-12-23/h4-6,9-10,13-14,18,22-23H,3,7-8,11-12,15-17,19H2,1-2H3/t22-/m0/s1. The summed E-state index contributed by atoms with van der Waals surface area (Å²) in [5, 5.41) is 0. The molecule has 2 aliphatic rings. The molecule has 0 spiro atoms. The summed E-state index contributed by atoms with van der Waals surface area (Å²) in [5.74, 6) is 1.74. The lowest BCUT2D eigenvalue weighted by atomic mass is 10.0. The third-order valence-corrected chi connectivity index (χ3v) is 6.43. The van der Waals surface area contributed by atoms with Gasteiger partial charge in [-0.15, -0.1) is 0 Å². The average Bonchev–Trinajstić information content (AvgIpc) is 3.27. The van der Waals surface area contributed by atoms with Crippen molar-refractivity contribution in [3.8, 4) is 11.5 Å². The van der Waals surface area contributed by atoms with Crippen molar-refractivity contribution in [1.82, 2.24) is 4.90 Å². The van der Waals surface area contributed by atoms with E-state index in [1.165, 1.54) is 24.1 Å². The van der Waals surface area contributed by atoms with Crippen LogP contribution in [0.5, 0.6) is 11.5 Å². The van der Waals surface area contributed by atoms with Crippen LogP contribution >= 0.6 is 0 Å². The zero-order valence-electron chi connectivity index (χ0n) is 17.8. The Morgan fingerprint density at radius 1 is 0.966 bits per heavy atom. The Labute approximate surface area is 175 Å². The Balaban J connectivity index is 1.50. The van der Waals surface area contributed by atoms with E-state index in [-0.39, 0.29) is 0 Å². The van der Waals surface area contributed by atoms with Crippen LogP contribution in [0.2, 0.25) is 0 Å². The van der Waals surface area contributed by atoms with Crippen molar-refractivity contribution in [2.75, 3.05) is 38.2 Å². The predicted octanol–water partition coefficient (Wildman–Crippen LogP) is 4.77. The number of piperazine rings is 1. The number of anilines is 1. The molecule has 4 nitrogen and oxygen atoms in total. The molecule has 0 amide bonds. The molecular weight excluding hydrogens is 360 g/mol. The predicted molar refractivity (Wildman–Crippen MR) is 119 cm³/mol. The molecule has 4 rings (SSSR count). The molecule has 0 unspecified atom stereocenters. The van der Waals surface area contributed by atoms with E-state index in [9.17, 15) is 0 Å². The molecule has 1 aliphatic heterocycles. The lowest BCUT2D eigenvalue weighted by Gasteiger charge is -2.42. The van der Waals surface area contributed by atoms with Crippen LogP contribution in [-0.4, -0.2) is 50.3 Å². The maximum absolute atomic E-state index is 6.33. The fourth-order valence-corrected chi connectivity index (χ4v) is 4.76. The number of hydrogen-bond acceptors (Lipinski definition) is 4. The van der Waals surface area contributed by atoms with E-state index in [1.54, 1.807) is 7.11 Å². The fraction of sp³-hybridized carbons (Fsp3) is 0.520. The van der Waals surface area contributed by atoms with Crippen molar-refractivity contribution in [3.63, 3.8) is 0 Å². The van der Waals surface area contributed by atoms with E-state index >= 15 is 0 Å². The number of hydrogen-bond donors (Lipinski definition) is 0. The first-order valence-corrected chi connectivity index (χ1v) is 11.1. The summed E-state index contributed by atoms with van der Waals surface area (Å²) in [4.78, 5) is 5.13. The Bertz CT molecular complexity index is 774. The molecule has 156 valence electrons. The molecule has 29 heavy (non-hydrogen) atoms. The average molecular weight is 395 g/mol. The van der Waals surface area contributed by atoms with Gasteiger partial charge in [-0.3, -0.25) is 4.90 Å². The third kappa shape index (κ3) is 4.87. The number of rotatable bonds is 7. The quantitative estimate of drug-likeness (QED) is 0.675. The van der Waals surface area contributed by atoms with Gasteiger partial charge in [-0.05, 0) is 56.3 Å². The van der Waals surface area contributed by atoms with Crippen LogP contribution < -0.4 is 14.4 Å². The summed E-state index contributed by atoms with van der Waals surface area (Å²) >= 11 is 0. The molecule has 1 atom stereocenters. The second-order valence-electron chi connectivity index (χ2n) is 8.28. The van der Waals surface area contributed by atoms with Crippen molar-refractivity contribution in [2.45, 2.75) is 51.2 Å². The van der Waals surface area contributed by atoms with Crippen LogP contribution in [0.1, 0.15) is 38.2 Å². The molecular formula is C25H34N2O2. The molecule has 2 aromatic rings. The van der Waals surface area contributed by atoms with Gasteiger partial charge in [-0.2, -0.15) is 0 Å². The summed E-state index contributed by atoms with van der Waals surface area (Å²) in [6, 6.07) is 17.8. The Morgan fingerprint density at radius 2 is 1.76 bits per heavy atom. The summed E-state index contributed by atoms with van der Waals surface area (Å²) < 4.78 is 11.9. The van der Waals surface area contributed by atoms with E-state index in [4.69, 9.17) is 9.47 Å². The van der Waals surface area contributed by atoms with Gasteiger partial charge in [0.05, 0.1) is 13.2 Å². The van der Waals surface area contributed by atoms with E-state index in [2.05, 4.69) is 65.3 Å². The Hall–Kier alpha value is -2.20. The second kappa shape index (κ2) is 9.53. The van der Waals surface area contributed by atoms with Gasteiger partial charge in [0.1, 0.15) is 0 Å². The zero-order valence-corrected chi connectivity index (χ0v) is 17.8. The molecule has 1 heterocycles. The Morgan fingerprint density at radius 3 is 2.48 bits per heavy atom. The largest absolute Gasteiger partial charge is 0.493 e. The van der Waals surface area contributed by atoms with Crippen LogP contribution in [0.4, 0.5) is 5.69 Å². The van der Waals surface area contributed by atoms with E-state index < -0.39 is 0 Å². The van der Waals surface area contributed by atoms with E-state index in [0.717, 1.165) is 56.9 Å². The van der Waals surface area contributed by atoms with Crippen molar-refractivity contribution in [1.29, 1.82) is 0 Å². The maximum atomic E-state index is 6.33. The van der Waals surface area contributed by atoms with Gasteiger partial charge in [-0.1, -0.05) is 37.3 Å². The fourth-order valence-electron chi connectivity index (χ4n) is 4.76. The zero-order chi connectivity index (χ0) is 20.1. The lowest BCUT2D eigenvalue weighted by Crippen LogP contribution is -2.54. The molecule has 1 saturated carbocycles. The molecule has 0 radical (unpaired) electrons. The normalized spacial score (nSPS) is 20.8. The molecule has 2 fully saturated rings. The first-order chi connectivity index (χ1) is 14.3. The highest BCUT2D eigenvalue weighted by Crippen LogP contribution is 2.35. The highest BCUT2D eigenvalue weighted by Gasteiger charge is 2.27. The van der Waals surface area contributed by atoms with Crippen molar-refractivity contribution < 1.29 is 9.47 Å². The molecule has 0 aromatic heterocycles. The molecule has 0 bridgehead atoms. The molecule has 0 N–H and O–H groups in total. The van der Waals surface area contributed by atoms with Gasteiger partial charge < -0.3 is 14.4 Å². The van der Waals surface area contributed by atoms with E-state index in [0.29, 0.717) is 12.1 Å². The SMILES string of the molecule is CCN1CCN(c2ccc(OC)c(OC3CCCC3)c2)C[C@@H]1Cc1ccccc1. The van der Waals surface area contributed by atoms with E-state index in [1.807, 2.05) is 0 Å².